The Hall–Kier alpha value is -0.980. The third kappa shape index (κ3) is 8.69. The molecule has 0 aromatic heterocycles. The van der Waals surface area contributed by atoms with Crippen LogP contribution in [-0.4, -0.2) is 191 Å². The van der Waals surface area contributed by atoms with Crippen molar-refractivity contribution >= 4 is 0 Å². The van der Waals surface area contributed by atoms with Crippen molar-refractivity contribution in [1.29, 1.82) is 0 Å². The van der Waals surface area contributed by atoms with E-state index in [2.05, 4.69) is 26.8 Å². The van der Waals surface area contributed by atoms with Crippen LogP contribution in [0.3, 0.4) is 0 Å². The summed E-state index contributed by atoms with van der Waals surface area (Å²) < 4.78 is 38.1. The van der Waals surface area contributed by atoms with Gasteiger partial charge in [0.2, 0.25) is 0 Å². The van der Waals surface area contributed by atoms with Crippen LogP contribution in [0.25, 0.3) is 0 Å². The lowest BCUT2D eigenvalue weighted by atomic mass is 9.34. The summed E-state index contributed by atoms with van der Waals surface area (Å²) in [6, 6.07) is 0. The summed E-state index contributed by atoms with van der Waals surface area (Å²) in [5, 5.41) is 132. The normalized spacial score (nSPS) is 53.5. The molecule has 3 saturated heterocycles. The lowest BCUT2D eigenvalue weighted by Crippen LogP contribution is -2.71. The summed E-state index contributed by atoms with van der Waals surface area (Å²) in [6.07, 6.45) is -18.3. The van der Waals surface area contributed by atoms with E-state index in [1.54, 1.807) is 0 Å². The van der Waals surface area contributed by atoms with Crippen LogP contribution in [0.5, 0.6) is 0 Å². The number of ether oxygens (including phenoxy) is 6. The molecule has 0 radical (unpaired) electrons. The molecule has 0 aromatic carbocycles. The van der Waals surface area contributed by atoms with Crippen molar-refractivity contribution in [2.75, 3.05) is 13.2 Å². The summed E-state index contributed by atoms with van der Waals surface area (Å²) in [4.78, 5) is 0. The second-order valence-electron chi connectivity index (χ2n) is 23.0. The minimum Gasteiger partial charge on any atom is -0.394 e. The highest BCUT2D eigenvalue weighted by molar-refractivity contribution is 5.22. The Balaban J connectivity index is 1.27. The molecule has 7 unspecified atom stereocenters. The Bertz CT molecular complexity index is 1700. The maximum absolute atomic E-state index is 12.7. The zero-order chi connectivity index (χ0) is 48.8. The third-order valence-electron chi connectivity index (χ3n) is 18.7. The maximum atomic E-state index is 12.7. The van der Waals surface area contributed by atoms with Crippen LogP contribution in [0.2, 0.25) is 0 Å². The number of allylic oxidation sites excluding steroid dienone is 2. The van der Waals surface area contributed by atoms with Crippen LogP contribution in [0, 0.1) is 45.3 Å². The molecule has 4 saturated carbocycles. The molecule has 18 nitrogen and oxygen atoms in total. The molecular weight excluding hydrogens is 865 g/mol. The van der Waals surface area contributed by atoms with Crippen LogP contribution in [0.15, 0.2) is 11.6 Å². The zero-order valence-corrected chi connectivity index (χ0v) is 40.2. The average Bonchev–Trinajstić information content (AvgIpc) is 3.64. The highest BCUT2D eigenvalue weighted by atomic mass is 16.8. The molecule has 7 fully saturated rings. The van der Waals surface area contributed by atoms with Gasteiger partial charge in [0.15, 0.2) is 18.9 Å². The first-order chi connectivity index (χ1) is 30.7. The van der Waals surface area contributed by atoms with E-state index in [4.69, 9.17) is 28.4 Å². The highest BCUT2D eigenvalue weighted by Crippen LogP contribution is 2.76. The molecule has 66 heavy (non-hydrogen) atoms. The van der Waals surface area contributed by atoms with Crippen LogP contribution >= 0.6 is 0 Å². The minimum absolute atomic E-state index is 0.0861. The number of fused-ring (bicyclic) bond motifs is 5. The van der Waals surface area contributed by atoms with Gasteiger partial charge in [-0.3, -0.25) is 0 Å². The first-order valence-corrected chi connectivity index (χ1v) is 24.3. The SMILES string of the molecule is CC(C)=CCC[C@](C)(OC1O[C@H](CO)[C@@H](O)[C@H](O)[C@H]1O)C1CCC2(C)C1[C@H](O)C[C@@H]1[C@@]3(C)CC[C@H](O)C(C)(C)C3[C@@H](OC3O[C@H](CO)[C@@H](O)[C@H](O)[C@H]3OC3O[C@H](C)[C@@H](O)[C@H](O)[C@@H]3O)C[C@]12C. The van der Waals surface area contributed by atoms with E-state index in [0.29, 0.717) is 51.4 Å². The van der Waals surface area contributed by atoms with Crippen molar-refractivity contribution in [2.24, 2.45) is 45.3 Å². The molecule has 0 aromatic rings. The Labute approximate surface area is 388 Å². The zero-order valence-electron chi connectivity index (χ0n) is 40.2. The molecule has 4 aliphatic carbocycles. The molecule has 3 heterocycles. The molecule has 7 rings (SSSR count). The molecule has 7 aliphatic rings. The van der Waals surface area contributed by atoms with Gasteiger partial charge >= 0.3 is 0 Å². The molecular formula is C48H82O18. The lowest BCUT2D eigenvalue weighted by Gasteiger charge is -2.72. The van der Waals surface area contributed by atoms with Gasteiger partial charge in [0.05, 0.1) is 43.2 Å². The van der Waals surface area contributed by atoms with Gasteiger partial charge in [0, 0.05) is 0 Å². The van der Waals surface area contributed by atoms with Gasteiger partial charge in [-0.2, -0.15) is 0 Å². The molecule has 0 amide bonds. The number of aliphatic hydroxyl groups excluding tert-OH is 12. The predicted molar refractivity (Wildman–Crippen MR) is 234 cm³/mol. The molecule has 12 N–H and O–H groups in total. The Morgan fingerprint density at radius 3 is 1.89 bits per heavy atom. The van der Waals surface area contributed by atoms with Crippen molar-refractivity contribution < 1.29 is 89.7 Å². The molecule has 0 spiro atoms. The van der Waals surface area contributed by atoms with E-state index < -0.39 is 151 Å². The molecule has 18 heteroatoms. The Kier molecular flexibility index (Phi) is 15.4. The first-order valence-electron chi connectivity index (χ1n) is 24.3. The van der Waals surface area contributed by atoms with Gasteiger partial charge < -0.3 is 89.7 Å². The highest BCUT2D eigenvalue weighted by Gasteiger charge is 2.74. The summed E-state index contributed by atoms with van der Waals surface area (Å²) in [5.41, 5.74) is -2.43. The second kappa shape index (κ2) is 19.2. The van der Waals surface area contributed by atoms with Crippen LogP contribution in [0.4, 0.5) is 0 Å². The average molecular weight is 947 g/mol. The Morgan fingerprint density at radius 2 is 1.27 bits per heavy atom. The van der Waals surface area contributed by atoms with Gasteiger partial charge in [-0.1, -0.05) is 46.3 Å². The molecule has 0 bridgehead atoms. The van der Waals surface area contributed by atoms with Crippen LogP contribution in [-0.2, 0) is 28.4 Å². The maximum Gasteiger partial charge on any atom is 0.187 e. The fraction of sp³-hybridized carbons (Fsp3) is 0.958. The molecule has 3 aliphatic heterocycles. The standard InChI is InChI=1S/C48H82O18/c1-21(2)11-10-14-48(9,66-42-38(60)35(57)32(54)26(19-49)63-42)23-12-16-46(7)30(23)24(51)17-28-45(6)15-13-29(52)44(4,5)40(45)25(18-47(28,46)8)62-43-39(36(58)33(55)27(20-50)64-43)65-41-37(59)34(56)31(53)22(3)61-41/h11,22-43,49-60H,10,12-20H2,1-9H3/t22-,23?,24-,25+,26-,27-,28-,29+,30?,31-,32-,33-,34+,35+,36+,37+,38-,39-,40?,41?,42?,43?,45-,46?,47-,48+/m1/s1. The van der Waals surface area contributed by atoms with Gasteiger partial charge in [0.25, 0.3) is 0 Å². The summed E-state index contributed by atoms with van der Waals surface area (Å²) in [5.74, 6) is -1.12. The van der Waals surface area contributed by atoms with Crippen molar-refractivity contribution in [1.82, 2.24) is 0 Å². The minimum atomic E-state index is -1.75. The van der Waals surface area contributed by atoms with Crippen molar-refractivity contribution in [3.8, 4) is 0 Å². The van der Waals surface area contributed by atoms with Gasteiger partial charge in [-0.15, -0.1) is 0 Å². The van der Waals surface area contributed by atoms with Crippen molar-refractivity contribution in [3.05, 3.63) is 11.6 Å². The quantitative estimate of drug-likeness (QED) is 0.0904. The Morgan fingerprint density at radius 1 is 0.682 bits per heavy atom. The second-order valence-corrected chi connectivity index (χ2v) is 23.0. The molecule has 26 atom stereocenters. The first kappa shape index (κ1) is 52.8. The smallest absolute Gasteiger partial charge is 0.187 e. The largest absolute Gasteiger partial charge is 0.394 e. The van der Waals surface area contributed by atoms with E-state index in [0.717, 1.165) is 5.57 Å². The number of rotatable bonds is 12. The van der Waals surface area contributed by atoms with Crippen LogP contribution in [0.1, 0.15) is 114 Å². The van der Waals surface area contributed by atoms with Gasteiger partial charge in [0.1, 0.15) is 67.1 Å². The third-order valence-corrected chi connectivity index (χ3v) is 18.7. The number of aliphatic hydroxyl groups is 12. The number of hydrogen-bond acceptors (Lipinski definition) is 18. The summed E-state index contributed by atoms with van der Waals surface area (Å²) in [7, 11) is 0. The van der Waals surface area contributed by atoms with E-state index in [9.17, 15) is 61.3 Å². The fourth-order valence-electron chi connectivity index (χ4n) is 14.9. The van der Waals surface area contributed by atoms with E-state index in [1.165, 1.54) is 6.92 Å². The molecule has 382 valence electrons. The lowest BCUT2D eigenvalue weighted by molar-refractivity contribution is -0.382. The van der Waals surface area contributed by atoms with Gasteiger partial charge in [-0.05, 0) is 124 Å². The van der Waals surface area contributed by atoms with E-state index in [1.807, 2.05) is 34.6 Å². The monoisotopic (exact) mass is 947 g/mol. The van der Waals surface area contributed by atoms with Gasteiger partial charge in [-0.25, -0.2) is 0 Å². The van der Waals surface area contributed by atoms with Crippen molar-refractivity contribution in [2.45, 2.75) is 230 Å². The van der Waals surface area contributed by atoms with E-state index in [-0.39, 0.29) is 23.7 Å². The predicted octanol–water partition coefficient (Wildman–Crippen LogP) is -0.0284. The summed E-state index contributed by atoms with van der Waals surface area (Å²) in [6.45, 7) is 16.8. The van der Waals surface area contributed by atoms with E-state index >= 15 is 0 Å². The topological polar surface area (TPSA) is 298 Å². The summed E-state index contributed by atoms with van der Waals surface area (Å²) >= 11 is 0. The van der Waals surface area contributed by atoms with Crippen LogP contribution < -0.4 is 0 Å². The number of hydrogen-bond donors (Lipinski definition) is 12. The fourth-order valence-corrected chi connectivity index (χ4v) is 14.9. The van der Waals surface area contributed by atoms with Crippen molar-refractivity contribution in [3.63, 3.8) is 0 Å².